The van der Waals surface area contributed by atoms with E-state index in [-0.39, 0.29) is 12.2 Å². The maximum absolute atomic E-state index is 12.3. The molecule has 21 heavy (non-hydrogen) atoms. The molecule has 0 aromatic heterocycles. The quantitative estimate of drug-likeness (QED) is 0.625. The third-order valence-corrected chi connectivity index (χ3v) is 4.01. The molecule has 0 N–H and O–H groups in total. The van der Waals surface area contributed by atoms with Gasteiger partial charge in [-0.3, -0.25) is 14.4 Å². The van der Waals surface area contributed by atoms with E-state index in [0.717, 1.165) is 5.56 Å². The molecule has 0 amide bonds. The first kappa shape index (κ1) is 15.2. The van der Waals surface area contributed by atoms with Crippen LogP contribution in [0, 0.1) is 11.3 Å². The zero-order valence-corrected chi connectivity index (χ0v) is 12.3. The minimum atomic E-state index is -1.30. The lowest BCUT2D eigenvalue weighted by atomic mass is 9.70. The van der Waals surface area contributed by atoms with E-state index < -0.39 is 29.6 Å². The summed E-state index contributed by atoms with van der Waals surface area (Å²) in [5.74, 6) is -1.98. The average Bonchev–Trinajstić information content (AvgIpc) is 2.64. The fourth-order valence-electron chi connectivity index (χ4n) is 2.76. The van der Waals surface area contributed by atoms with Crippen LogP contribution >= 0.6 is 0 Å². The zero-order chi connectivity index (χ0) is 15.6. The van der Waals surface area contributed by atoms with E-state index >= 15 is 0 Å². The van der Waals surface area contributed by atoms with Gasteiger partial charge in [-0.05, 0) is 18.9 Å². The van der Waals surface area contributed by atoms with Crippen LogP contribution in [-0.4, -0.2) is 24.0 Å². The number of carbonyl (C=O) groups is 3. The van der Waals surface area contributed by atoms with Crippen LogP contribution in [0.3, 0.4) is 0 Å². The molecule has 1 aliphatic rings. The Morgan fingerprint density at radius 2 is 1.86 bits per heavy atom. The van der Waals surface area contributed by atoms with Crippen molar-refractivity contribution in [2.24, 2.45) is 11.3 Å². The Labute approximate surface area is 123 Å². The van der Waals surface area contributed by atoms with Gasteiger partial charge in [0.25, 0.3) is 6.29 Å². The van der Waals surface area contributed by atoms with Crippen molar-refractivity contribution in [3.63, 3.8) is 0 Å². The predicted molar refractivity (Wildman–Crippen MR) is 74.1 cm³/mol. The second-order valence-corrected chi connectivity index (χ2v) is 5.36. The van der Waals surface area contributed by atoms with E-state index in [1.54, 1.807) is 6.92 Å². The number of esters is 2. The maximum atomic E-state index is 12.3. The molecule has 0 radical (unpaired) electrons. The van der Waals surface area contributed by atoms with Gasteiger partial charge in [-0.1, -0.05) is 37.3 Å². The van der Waals surface area contributed by atoms with Crippen molar-refractivity contribution in [1.82, 2.24) is 0 Å². The molecule has 0 aliphatic carbocycles. The largest absolute Gasteiger partial charge is 0.425 e. The number of Topliss-reactive ketones (excluding diaryl/α,β-unsaturated/α-hetero) is 1. The van der Waals surface area contributed by atoms with Gasteiger partial charge in [0, 0.05) is 6.92 Å². The van der Waals surface area contributed by atoms with E-state index in [1.807, 2.05) is 30.3 Å². The molecular formula is C16H18O5. The second-order valence-electron chi connectivity index (χ2n) is 5.36. The molecule has 3 atom stereocenters. The Balaban J connectivity index is 2.35. The second kappa shape index (κ2) is 5.68. The topological polar surface area (TPSA) is 69.7 Å². The van der Waals surface area contributed by atoms with E-state index in [2.05, 4.69) is 0 Å². The molecule has 1 fully saturated rings. The first-order valence-electron chi connectivity index (χ1n) is 6.81. The van der Waals surface area contributed by atoms with Crippen molar-refractivity contribution in [3.8, 4) is 0 Å². The summed E-state index contributed by atoms with van der Waals surface area (Å²) < 4.78 is 10.1. The van der Waals surface area contributed by atoms with Crippen molar-refractivity contribution in [2.45, 2.75) is 33.5 Å². The molecule has 0 unspecified atom stereocenters. The van der Waals surface area contributed by atoms with Gasteiger partial charge in [0.2, 0.25) is 0 Å². The number of hydrogen-bond donors (Lipinski definition) is 0. The minimum absolute atomic E-state index is 0.237. The molecule has 1 aromatic carbocycles. The number of cyclic esters (lactones) is 1. The molecule has 0 spiro atoms. The van der Waals surface area contributed by atoms with Crippen LogP contribution in [-0.2, 0) is 30.3 Å². The van der Waals surface area contributed by atoms with Crippen molar-refractivity contribution >= 4 is 17.7 Å². The molecule has 112 valence electrons. The third kappa shape index (κ3) is 2.68. The third-order valence-electron chi connectivity index (χ3n) is 4.01. The van der Waals surface area contributed by atoms with Gasteiger partial charge in [0.15, 0.2) is 0 Å². The maximum Gasteiger partial charge on any atom is 0.323 e. The molecule has 0 bridgehead atoms. The van der Waals surface area contributed by atoms with Gasteiger partial charge in [0.1, 0.15) is 11.2 Å². The summed E-state index contributed by atoms with van der Waals surface area (Å²) in [4.78, 5) is 35.6. The summed E-state index contributed by atoms with van der Waals surface area (Å²) >= 11 is 0. The van der Waals surface area contributed by atoms with Crippen LogP contribution in [0.25, 0.3) is 0 Å². The first-order valence-corrected chi connectivity index (χ1v) is 6.81. The number of rotatable bonds is 4. The zero-order valence-electron chi connectivity index (χ0n) is 12.3. The molecule has 0 saturated carbocycles. The Kier molecular flexibility index (Phi) is 4.11. The predicted octanol–water partition coefficient (Wildman–Crippen LogP) is 1.89. The van der Waals surface area contributed by atoms with Crippen molar-refractivity contribution < 1.29 is 23.9 Å². The Hall–Kier alpha value is -2.17. The van der Waals surface area contributed by atoms with Gasteiger partial charge < -0.3 is 9.47 Å². The van der Waals surface area contributed by atoms with Crippen molar-refractivity contribution in [2.75, 3.05) is 0 Å². The van der Waals surface area contributed by atoms with Crippen LogP contribution in [0.1, 0.15) is 26.3 Å². The lowest BCUT2D eigenvalue weighted by Gasteiger charge is -2.27. The lowest BCUT2D eigenvalue weighted by molar-refractivity contribution is -0.179. The summed E-state index contributed by atoms with van der Waals surface area (Å²) in [5, 5.41) is 0. The number of ketones is 1. The Morgan fingerprint density at radius 1 is 1.24 bits per heavy atom. The summed E-state index contributed by atoms with van der Waals surface area (Å²) in [5.41, 5.74) is -0.443. The lowest BCUT2D eigenvalue weighted by Crippen LogP contribution is -2.42. The first-order chi connectivity index (χ1) is 9.87. The fraction of sp³-hybridized carbons (Fsp3) is 0.438. The SMILES string of the molecule is CC(=O)O[C@@H]1OC(=O)[C@](Cc2ccccc2)(C(C)=O)[C@@H]1C. The van der Waals surface area contributed by atoms with Crippen molar-refractivity contribution in [1.29, 1.82) is 0 Å². The highest BCUT2D eigenvalue weighted by molar-refractivity contribution is 6.04. The van der Waals surface area contributed by atoms with E-state index in [9.17, 15) is 14.4 Å². The Morgan fingerprint density at radius 3 is 2.38 bits per heavy atom. The molecule has 1 aliphatic heterocycles. The number of hydrogen-bond acceptors (Lipinski definition) is 5. The molecule has 5 heteroatoms. The van der Waals surface area contributed by atoms with Crippen molar-refractivity contribution in [3.05, 3.63) is 35.9 Å². The molecule has 1 saturated heterocycles. The number of benzene rings is 1. The van der Waals surface area contributed by atoms with E-state index in [1.165, 1.54) is 13.8 Å². The van der Waals surface area contributed by atoms with Gasteiger partial charge in [-0.2, -0.15) is 0 Å². The smallest absolute Gasteiger partial charge is 0.323 e. The summed E-state index contributed by atoms with van der Waals surface area (Å²) in [7, 11) is 0. The standard InChI is InChI=1S/C16H18O5/c1-10-14(20-12(3)18)21-15(19)16(10,11(2)17)9-13-7-5-4-6-8-13/h4-8,10,14H,9H2,1-3H3/t10-,14-,16+/m1/s1. The van der Waals surface area contributed by atoms with Gasteiger partial charge in [-0.15, -0.1) is 0 Å². The van der Waals surface area contributed by atoms with Crippen LogP contribution in [0.5, 0.6) is 0 Å². The summed E-state index contributed by atoms with van der Waals surface area (Å²) in [6, 6.07) is 9.26. The summed E-state index contributed by atoms with van der Waals surface area (Å²) in [6.45, 7) is 4.31. The average molecular weight is 290 g/mol. The highest BCUT2D eigenvalue weighted by atomic mass is 16.7. The monoisotopic (exact) mass is 290 g/mol. The van der Waals surface area contributed by atoms with Gasteiger partial charge in [-0.25, -0.2) is 0 Å². The molecular weight excluding hydrogens is 272 g/mol. The van der Waals surface area contributed by atoms with E-state index in [0.29, 0.717) is 0 Å². The summed E-state index contributed by atoms with van der Waals surface area (Å²) in [6.07, 6.45) is -0.774. The molecule has 1 aromatic rings. The van der Waals surface area contributed by atoms with Gasteiger partial charge in [0.05, 0.1) is 5.92 Å². The van der Waals surface area contributed by atoms with Crippen LogP contribution < -0.4 is 0 Å². The molecule has 2 rings (SSSR count). The highest BCUT2D eigenvalue weighted by Crippen LogP contribution is 2.43. The Bertz CT molecular complexity index is 565. The number of ether oxygens (including phenoxy) is 2. The highest BCUT2D eigenvalue weighted by Gasteiger charge is 2.59. The molecule has 1 heterocycles. The normalized spacial score (nSPS) is 28.0. The van der Waals surface area contributed by atoms with E-state index in [4.69, 9.17) is 9.47 Å². The fourth-order valence-corrected chi connectivity index (χ4v) is 2.76. The van der Waals surface area contributed by atoms with Crippen LogP contribution in [0.2, 0.25) is 0 Å². The van der Waals surface area contributed by atoms with Crippen LogP contribution in [0.15, 0.2) is 30.3 Å². The van der Waals surface area contributed by atoms with Crippen LogP contribution in [0.4, 0.5) is 0 Å². The number of carbonyl (C=O) groups excluding carboxylic acids is 3. The minimum Gasteiger partial charge on any atom is -0.425 e. The van der Waals surface area contributed by atoms with Gasteiger partial charge >= 0.3 is 11.9 Å². The molecule has 5 nitrogen and oxygen atoms in total.